The highest BCUT2D eigenvalue weighted by Gasteiger charge is 2.73. The summed E-state index contributed by atoms with van der Waals surface area (Å²) < 4.78 is 91.6. The van der Waals surface area contributed by atoms with E-state index in [-0.39, 0.29) is 12.3 Å². The zero-order valence-electron chi connectivity index (χ0n) is 17.6. The maximum Gasteiger partial charge on any atom is 0.460 e. The Kier molecular flexibility index (Phi) is 11.6. The Morgan fingerprint density at radius 3 is 1.66 bits per heavy atom. The van der Waals surface area contributed by atoms with Crippen LogP contribution in [0.5, 0.6) is 0 Å². The molecule has 0 N–H and O–H groups in total. The van der Waals surface area contributed by atoms with Gasteiger partial charge in [0.15, 0.2) is 6.61 Å². The molecule has 0 heterocycles. The first-order chi connectivity index (χ1) is 13.1. The maximum atomic E-state index is 13.1. The largest absolute Gasteiger partial charge is 0.460 e. The van der Waals surface area contributed by atoms with Crippen molar-refractivity contribution in [2.75, 3.05) is 6.61 Å². The van der Waals surface area contributed by atoms with Crippen LogP contribution in [0.3, 0.4) is 0 Å². The first kappa shape index (κ1) is 28.0. The van der Waals surface area contributed by atoms with Gasteiger partial charge in [-0.15, -0.1) is 0 Å². The summed E-state index contributed by atoms with van der Waals surface area (Å²) in [7, 11) is 0. The maximum absolute atomic E-state index is 13.1. The fourth-order valence-corrected chi connectivity index (χ4v) is 2.88. The number of hydrogen-bond acceptors (Lipinski definition) is 2. The van der Waals surface area contributed by atoms with Gasteiger partial charge in [0.2, 0.25) is 0 Å². The van der Waals surface area contributed by atoms with Gasteiger partial charge in [-0.25, -0.2) is 0 Å². The van der Waals surface area contributed by atoms with E-state index in [9.17, 15) is 35.5 Å². The Hall–Kier alpha value is -1.02. The van der Waals surface area contributed by atoms with Crippen LogP contribution in [0.4, 0.5) is 30.7 Å². The number of esters is 1. The van der Waals surface area contributed by atoms with Gasteiger partial charge in [-0.2, -0.15) is 30.7 Å². The lowest BCUT2D eigenvalue weighted by Crippen LogP contribution is -2.54. The first-order valence-electron chi connectivity index (χ1n) is 10.1. The van der Waals surface area contributed by atoms with Crippen molar-refractivity contribution >= 4 is 5.97 Å². The van der Waals surface area contributed by atoms with Crippen LogP contribution in [-0.2, 0) is 9.53 Å². The van der Waals surface area contributed by atoms with Crippen LogP contribution in [0.1, 0.15) is 79.1 Å². The third-order valence-electron chi connectivity index (χ3n) is 4.94. The summed E-state index contributed by atoms with van der Waals surface area (Å²) in [5.74, 6) is -11.6. The van der Waals surface area contributed by atoms with E-state index in [0.717, 1.165) is 25.7 Å². The van der Waals surface area contributed by atoms with Crippen LogP contribution in [0.25, 0.3) is 0 Å². The average molecular weight is 438 g/mol. The highest BCUT2D eigenvalue weighted by molar-refractivity contribution is 5.69. The van der Waals surface area contributed by atoms with E-state index in [1.54, 1.807) is 0 Å². The molecule has 0 aliphatic heterocycles. The smallest absolute Gasteiger partial charge is 0.459 e. The highest BCUT2D eigenvalue weighted by atomic mass is 19.4. The van der Waals surface area contributed by atoms with E-state index in [1.165, 1.54) is 12.8 Å². The fourth-order valence-electron chi connectivity index (χ4n) is 2.88. The van der Waals surface area contributed by atoms with Gasteiger partial charge in [0.25, 0.3) is 0 Å². The SMILES string of the molecule is CC(C)CCCC(C)CCCC(C)CCC(=O)OCC(F)(F)C(F)(F)C(F)(F)F. The lowest BCUT2D eigenvalue weighted by molar-refractivity contribution is -0.359. The van der Waals surface area contributed by atoms with Gasteiger partial charge in [-0.3, -0.25) is 4.79 Å². The van der Waals surface area contributed by atoms with Gasteiger partial charge in [-0.05, 0) is 24.2 Å². The molecule has 29 heavy (non-hydrogen) atoms. The minimum absolute atomic E-state index is 0.0857. The Morgan fingerprint density at radius 2 is 1.21 bits per heavy atom. The molecule has 2 nitrogen and oxygen atoms in total. The van der Waals surface area contributed by atoms with E-state index in [1.807, 2.05) is 6.92 Å². The summed E-state index contributed by atoms with van der Waals surface area (Å²) in [5.41, 5.74) is 0. The second-order valence-corrected chi connectivity index (χ2v) is 8.44. The lowest BCUT2D eigenvalue weighted by Gasteiger charge is -2.27. The molecular weight excluding hydrogens is 405 g/mol. The number of carbonyl (C=O) groups is 1. The number of carbonyl (C=O) groups excluding carboxylic acids is 1. The second-order valence-electron chi connectivity index (χ2n) is 8.44. The third-order valence-corrected chi connectivity index (χ3v) is 4.94. The summed E-state index contributed by atoms with van der Waals surface area (Å²) in [6.07, 6.45) is -0.140. The molecule has 0 spiro atoms. The Bertz CT molecular complexity index is 476. The molecule has 9 heteroatoms. The van der Waals surface area contributed by atoms with E-state index < -0.39 is 30.6 Å². The van der Waals surface area contributed by atoms with Gasteiger partial charge in [-0.1, -0.05) is 66.2 Å². The fraction of sp³-hybridized carbons (Fsp3) is 0.950. The molecular formula is C20H33F7O2. The number of halogens is 7. The highest BCUT2D eigenvalue weighted by Crippen LogP contribution is 2.46. The van der Waals surface area contributed by atoms with E-state index in [2.05, 4.69) is 25.5 Å². The van der Waals surface area contributed by atoms with Crippen LogP contribution in [0, 0.1) is 17.8 Å². The molecule has 0 saturated carbocycles. The molecule has 0 radical (unpaired) electrons. The molecule has 0 aromatic rings. The summed E-state index contributed by atoms with van der Waals surface area (Å²) in [6.45, 7) is 6.10. The van der Waals surface area contributed by atoms with E-state index in [4.69, 9.17) is 0 Å². The molecule has 0 fully saturated rings. The van der Waals surface area contributed by atoms with Crippen molar-refractivity contribution in [3.05, 3.63) is 0 Å². The number of alkyl halides is 7. The van der Waals surface area contributed by atoms with Gasteiger partial charge < -0.3 is 4.74 Å². The summed E-state index contributed by atoms with van der Waals surface area (Å²) in [5, 5.41) is 0. The number of hydrogen-bond donors (Lipinski definition) is 0. The van der Waals surface area contributed by atoms with Crippen molar-refractivity contribution in [2.24, 2.45) is 17.8 Å². The van der Waals surface area contributed by atoms with Crippen LogP contribution >= 0.6 is 0 Å². The molecule has 0 aliphatic carbocycles. The monoisotopic (exact) mass is 438 g/mol. The zero-order valence-corrected chi connectivity index (χ0v) is 17.6. The molecule has 0 bridgehead atoms. The quantitative estimate of drug-likeness (QED) is 0.208. The zero-order chi connectivity index (χ0) is 22.9. The minimum atomic E-state index is -6.43. The third kappa shape index (κ3) is 10.5. The molecule has 0 aliphatic rings. The Morgan fingerprint density at radius 1 is 0.759 bits per heavy atom. The van der Waals surface area contributed by atoms with Crippen LogP contribution in [0.15, 0.2) is 0 Å². The van der Waals surface area contributed by atoms with Crippen molar-refractivity contribution < 1.29 is 40.3 Å². The van der Waals surface area contributed by atoms with Crippen molar-refractivity contribution in [1.29, 1.82) is 0 Å². The van der Waals surface area contributed by atoms with Crippen molar-refractivity contribution in [2.45, 2.75) is 97.1 Å². The van der Waals surface area contributed by atoms with Crippen LogP contribution in [0.2, 0.25) is 0 Å². The summed E-state index contributed by atoms with van der Waals surface area (Å²) in [4.78, 5) is 11.4. The number of ether oxygens (including phenoxy) is 1. The van der Waals surface area contributed by atoms with Crippen molar-refractivity contribution in [1.82, 2.24) is 0 Å². The van der Waals surface area contributed by atoms with Crippen molar-refractivity contribution in [3.8, 4) is 0 Å². The molecule has 0 aromatic carbocycles. The molecule has 2 unspecified atom stereocenters. The van der Waals surface area contributed by atoms with Gasteiger partial charge >= 0.3 is 24.0 Å². The van der Waals surface area contributed by atoms with Gasteiger partial charge in [0.05, 0.1) is 0 Å². The predicted molar refractivity (Wildman–Crippen MR) is 97.0 cm³/mol. The first-order valence-corrected chi connectivity index (χ1v) is 10.1. The van der Waals surface area contributed by atoms with E-state index >= 15 is 0 Å². The van der Waals surface area contributed by atoms with Crippen molar-refractivity contribution in [3.63, 3.8) is 0 Å². The molecule has 0 amide bonds. The molecule has 0 aromatic heterocycles. The number of rotatable bonds is 14. The minimum Gasteiger partial charge on any atom is -0.459 e. The normalized spacial score (nSPS) is 15.4. The van der Waals surface area contributed by atoms with Crippen LogP contribution in [-0.4, -0.2) is 30.6 Å². The Balaban J connectivity index is 4.11. The van der Waals surface area contributed by atoms with Gasteiger partial charge in [0, 0.05) is 6.42 Å². The molecule has 174 valence electrons. The van der Waals surface area contributed by atoms with Crippen LogP contribution < -0.4 is 0 Å². The topological polar surface area (TPSA) is 26.3 Å². The average Bonchev–Trinajstić information content (AvgIpc) is 2.56. The predicted octanol–water partition coefficient (Wildman–Crippen LogP) is 7.41. The molecule has 0 rings (SSSR count). The summed E-state index contributed by atoms with van der Waals surface area (Å²) in [6, 6.07) is 0. The lowest BCUT2D eigenvalue weighted by atomic mass is 9.92. The summed E-state index contributed by atoms with van der Waals surface area (Å²) >= 11 is 0. The molecule has 0 saturated heterocycles. The molecule has 2 atom stereocenters. The second kappa shape index (κ2) is 12.0. The standard InChI is InChI=1S/C20H33F7O2/c1-14(2)7-5-8-15(3)9-6-10-16(4)11-12-17(28)29-13-18(21,22)19(23,24)20(25,26)27/h14-16H,5-13H2,1-4H3. The Labute approximate surface area is 168 Å². The van der Waals surface area contributed by atoms with E-state index in [0.29, 0.717) is 18.3 Å². The van der Waals surface area contributed by atoms with Gasteiger partial charge in [0.1, 0.15) is 0 Å².